The van der Waals surface area contributed by atoms with E-state index in [0.29, 0.717) is 0 Å². The summed E-state index contributed by atoms with van der Waals surface area (Å²) in [6.45, 7) is 2.72. The van der Waals surface area contributed by atoms with Gasteiger partial charge in [-0.25, -0.2) is 9.59 Å². The van der Waals surface area contributed by atoms with Crippen LogP contribution in [-0.2, 0) is 19.2 Å². The van der Waals surface area contributed by atoms with Crippen LogP contribution in [0.1, 0.15) is 13.8 Å². The van der Waals surface area contributed by atoms with Gasteiger partial charge in [0.25, 0.3) is 0 Å². The smallest absolute Gasteiger partial charge is 0.429 e. The van der Waals surface area contributed by atoms with E-state index in [4.69, 9.17) is 11.6 Å². The largest absolute Gasteiger partial charge is 0.461 e. The van der Waals surface area contributed by atoms with Crippen molar-refractivity contribution in [3.8, 4) is 0 Å². The molecule has 0 saturated carbocycles. The summed E-state index contributed by atoms with van der Waals surface area (Å²) in [6, 6.07) is 0. The normalized spacial score (nSPS) is 10.6. The lowest BCUT2D eigenvalue weighted by molar-refractivity contribution is -0.135. The standard InChI is InChI=1S/C7H8ClNO5/c1-3-13-6(11)5(4(2)10)9-14-7(8)12/h3H2,1-2H3. The monoisotopic (exact) mass is 221 g/mol. The van der Waals surface area contributed by atoms with Crippen LogP contribution in [-0.4, -0.2) is 29.5 Å². The van der Waals surface area contributed by atoms with E-state index in [9.17, 15) is 14.4 Å². The Hall–Kier alpha value is -1.43. The Morgan fingerprint density at radius 2 is 1.93 bits per heavy atom. The Kier molecular flexibility index (Phi) is 5.47. The zero-order valence-electron chi connectivity index (χ0n) is 7.57. The Bertz CT molecular complexity index is 286. The molecular weight excluding hydrogens is 214 g/mol. The number of rotatable bonds is 4. The van der Waals surface area contributed by atoms with Gasteiger partial charge >= 0.3 is 11.4 Å². The van der Waals surface area contributed by atoms with Gasteiger partial charge in [0.15, 0.2) is 5.78 Å². The summed E-state index contributed by atoms with van der Waals surface area (Å²) in [5.74, 6) is -1.64. The third-order valence-electron chi connectivity index (χ3n) is 1.01. The molecule has 0 aliphatic carbocycles. The van der Waals surface area contributed by atoms with Gasteiger partial charge in [-0.1, -0.05) is 5.16 Å². The van der Waals surface area contributed by atoms with E-state index in [1.54, 1.807) is 6.92 Å². The third-order valence-corrected chi connectivity index (χ3v) is 1.08. The predicted molar refractivity (Wildman–Crippen MR) is 47.1 cm³/mol. The number of hydrogen-bond acceptors (Lipinski definition) is 6. The zero-order chi connectivity index (χ0) is 11.1. The minimum Gasteiger partial charge on any atom is -0.461 e. The van der Waals surface area contributed by atoms with Crippen LogP contribution in [0.5, 0.6) is 0 Å². The van der Waals surface area contributed by atoms with Crippen LogP contribution >= 0.6 is 11.6 Å². The molecule has 0 rings (SSSR count). The molecule has 0 unspecified atom stereocenters. The fourth-order valence-electron chi connectivity index (χ4n) is 0.526. The second kappa shape index (κ2) is 6.09. The molecule has 14 heavy (non-hydrogen) atoms. The number of ether oxygens (including phenoxy) is 1. The average Bonchev–Trinajstić information content (AvgIpc) is 2.03. The molecule has 0 aromatic carbocycles. The summed E-state index contributed by atoms with van der Waals surface area (Å²) >= 11 is 4.78. The average molecular weight is 222 g/mol. The quantitative estimate of drug-likeness (QED) is 0.176. The summed E-state index contributed by atoms with van der Waals surface area (Å²) in [6.07, 6.45) is 0. The SMILES string of the molecule is CCOC(=O)C(=NOC(=O)Cl)C(C)=O. The maximum Gasteiger partial charge on any atom is 0.429 e. The first-order valence-electron chi connectivity index (χ1n) is 3.61. The van der Waals surface area contributed by atoms with Crippen LogP contribution in [0.2, 0.25) is 0 Å². The molecular formula is C7H8ClNO5. The molecule has 0 aliphatic rings. The van der Waals surface area contributed by atoms with E-state index in [0.717, 1.165) is 6.92 Å². The molecule has 0 saturated heterocycles. The second-order valence-electron chi connectivity index (χ2n) is 2.05. The first kappa shape index (κ1) is 12.6. The first-order valence-corrected chi connectivity index (χ1v) is 3.99. The third kappa shape index (κ3) is 4.56. The topological polar surface area (TPSA) is 82.0 Å². The van der Waals surface area contributed by atoms with E-state index < -0.39 is 22.9 Å². The van der Waals surface area contributed by atoms with Gasteiger partial charge in [0.05, 0.1) is 6.61 Å². The van der Waals surface area contributed by atoms with E-state index >= 15 is 0 Å². The summed E-state index contributed by atoms with van der Waals surface area (Å²) in [4.78, 5) is 35.8. The van der Waals surface area contributed by atoms with E-state index in [1.165, 1.54) is 0 Å². The molecule has 0 aromatic rings. The number of oxime groups is 1. The van der Waals surface area contributed by atoms with Crippen molar-refractivity contribution >= 4 is 34.5 Å². The Morgan fingerprint density at radius 1 is 1.36 bits per heavy atom. The van der Waals surface area contributed by atoms with Crippen LogP contribution in [0.3, 0.4) is 0 Å². The number of nitrogens with zero attached hydrogens (tertiary/aromatic N) is 1. The molecule has 6 nitrogen and oxygen atoms in total. The highest BCUT2D eigenvalue weighted by atomic mass is 35.5. The highest BCUT2D eigenvalue weighted by Crippen LogP contribution is 1.93. The molecule has 0 N–H and O–H groups in total. The van der Waals surface area contributed by atoms with Crippen molar-refractivity contribution in [1.82, 2.24) is 0 Å². The van der Waals surface area contributed by atoms with Gasteiger partial charge in [0.1, 0.15) is 0 Å². The van der Waals surface area contributed by atoms with Gasteiger partial charge in [-0.2, -0.15) is 0 Å². The van der Waals surface area contributed by atoms with Crippen LogP contribution in [0.15, 0.2) is 5.16 Å². The molecule has 0 amide bonds. The highest BCUT2D eigenvalue weighted by Gasteiger charge is 2.19. The van der Waals surface area contributed by atoms with Crippen molar-refractivity contribution in [3.05, 3.63) is 0 Å². The predicted octanol–water partition coefficient (Wildman–Crippen LogP) is 0.870. The lowest BCUT2D eigenvalue weighted by Gasteiger charge is -2.00. The van der Waals surface area contributed by atoms with Crippen molar-refractivity contribution in [2.45, 2.75) is 13.8 Å². The number of halogens is 1. The van der Waals surface area contributed by atoms with Gasteiger partial charge in [-0.05, 0) is 6.92 Å². The summed E-state index contributed by atoms with van der Waals surface area (Å²) in [5, 5.41) is 2.95. The number of hydrogen-bond donors (Lipinski definition) is 0. The molecule has 0 spiro atoms. The molecule has 0 aromatic heterocycles. The Morgan fingerprint density at radius 3 is 2.29 bits per heavy atom. The molecule has 0 fully saturated rings. The van der Waals surface area contributed by atoms with Crippen LogP contribution in [0.25, 0.3) is 0 Å². The number of carbonyl (C=O) groups excluding carboxylic acids is 3. The fourth-order valence-corrected chi connectivity index (χ4v) is 0.561. The molecule has 0 aliphatic heterocycles. The molecule has 78 valence electrons. The Labute approximate surface area is 84.8 Å². The number of ketones is 1. The maximum atomic E-state index is 11.0. The van der Waals surface area contributed by atoms with Crippen LogP contribution in [0.4, 0.5) is 4.79 Å². The van der Waals surface area contributed by atoms with E-state index in [-0.39, 0.29) is 6.61 Å². The highest BCUT2D eigenvalue weighted by molar-refractivity contribution is 6.64. The van der Waals surface area contributed by atoms with E-state index in [1.807, 2.05) is 0 Å². The molecule has 0 atom stereocenters. The van der Waals surface area contributed by atoms with Crippen LogP contribution < -0.4 is 0 Å². The van der Waals surface area contributed by atoms with Gasteiger partial charge < -0.3 is 9.57 Å². The summed E-state index contributed by atoms with van der Waals surface area (Å²) in [7, 11) is 0. The lowest BCUT2D eigenvalue weighted by Crippen LogP contribution is -2.24. The molecule has 7 heteroatoms. The van der Waals surface area contributed by atoms with Gasteiger partial charge in [-0.3, -0.25) is 4.79 Å². The number of carbonyl (C=O) groups is 3. The van der Waals surface area contributed by atoms with Crippen molar-refractivity contribution < 1.29 is 24.0 Å². The van der Waals surface area contributed by atoms with E-state index in [2.05, 4.69) is 14.7 Å². The number of esters is 1. The van der Waals surface area contributed by atoms with Crippen LogP contribution in [0, 0.1) is 0 Å². The maximum absolute atomic E-state index is 11.0. The van der Waals surface area contributed by atoms with Gasteiger partial charge in [0, 0.05) is 18.5 Å². The fraction of sp³-hybridized carbons (Fsp3) is 0.429. The van der Waals surface area contributed by atoms with Gasteiger partial charge in [0.2, 0.25) is 5.71 Å². The molecule has 0 radical (unpaired) electrons. The minimum absolute atomic E-state index is 0.0833. The summed E-state index contributed by atoms with van der Waals surface area (Å²) < 4.78 is 4.47. The number of Topliss-reactive ketones (excluding diaryl/α,β-unsaturated/α-hetero) is 1. The zero-order valence-corrected chi connectivity index (χ0v) is 8.33. The van der Waals surface area contributed by atoms with Crippen molar-refractivity contribution in [2.24, 2.45) is 5.16 Å². The summed E-state index contributed by atoms with van der Waals surface area (Å²) in [5.41, 5.74) is -1.85. The van der Waals surface area contributed by atoms with Crippen molar-refractivity contribution in [2.75, 3.05) is 6.61 Å². The minimum atomic E-state index is -1.24. The molecule has 0 bridgehead atoms. The van der Waals surface area contributed by atoms with Crippen molar-refractivity contribution in [3.63, 3.8) is 0 Å². The second-order valence-corrected chi connectivity index (χ2v) is 2.35. The lowest BCUT2D eigenvalue weighted by atomic mass is 10.3. The Balaban J connectivity index is 4.59. The first-order chi connectivity index (χ1) is 6.49. The van der Waals surface area contributed by atoms with Crippen molar-refractivity contribution in [1.29, 1.82) is 0 Å². The molecule has 0 heterocycles. The van der Waals surface area contributed by atoms with Gasteiger partial charge in [-0.15, -0.1) is 0 Å².